The monoisotopic (exact) mass is 158 g/mol. The van der Waals surface area contributed by atoms with Gasteiger partial charge in [0.05, 0.1) is 18.2 Å². The smallest absolute Gasteiger partial charge is 0.169 e. The molecule has 2 aliphatic rings. The molecule has 0 aromatic rings. The molecule has 12 heavy (non-hydrogen) atoms. The predicted octanol–water partition coefficient (Wildman–Crippen LogP) is -0.237. The first-order valence-electron chi connectivity index (χ1n) is 3.72. The van der Waals surface area contributed by atoms with E-state index in [1.54, 1.807) is 0 Å². The molecule has 1 saturated carbocycles. The van der Waals surface area contributed by atoms with Gasteiger partial charge in [-0.1, -0.05) is 0 Å². The van der Waals surface area contributed by atoms with Crippen molar-refractivity contribution in [2.45, 2.75) is 0 Å². The largest absolute Gasteiger partial charge is 0.315 e. The number of nitrogens with one attached hydrogen (secondary N) is 1. The summed E-state index contributed by atoms with van der Waals surface area (Å²) in [5.41, 5.74) is -1.73. The van der Waals surface area contributed by atoms with Crippen LogP contribution in [0.25, 0.3) is 0 Å². The summed E-state index contributed by atoms with van der Waals surface area (Å²) in [4.78, 5) is 0. The van der Waals surface area contributed by atoms with Crippen molar-refractivity contribution in [3.05, 3.63) is 0 Å². The maximum atomic E-state index is 8.87. The molecule has 1 saturated heterocycles. The Morgan fingerprint density at radius 3 is 2.17 bits per heavy atom. The summed E-state index contributed by atoms with van der Waals surface area (Å²) in [5.74, 6) is -0.0787. The first-order valence-corrected chi connectivity index (χ1v) is 3.72. The number of fused-ring (bicyclic) bond motifs is 1. The van der Waals surface area contributed by atoms with Gasteiger partial charge >= 0.3 is 0 Å². The Morgan fingerprint density at radius 1 is 1.17 bits per heavy atom. The molecule has 4 nitrogen and oxygen atoms in total. The molecule has 2 rings (SSSR count). The maximum absolute atomic E-state index is 8.87. The molecule has 2 unspecified atom stereocenters. The molecular weight excluding hydrogens is 152 g/mol. The van der Waals surface area contributed by atoms with E-state index in [2.05, 4.69) is 11.4 Å². The van der Waals surface area contributed by atoms with Crippen molar-refractivity contribution >= 4 is 0 Å². The van der Waals surface area contributed by atoms with Gasteiger partial charge < -0.3 is 5.32 Å². The fourth-order valence-electron chi connectivity index (χ4n) is 2.21. The third-order valence-electron chi connectivity index (χ3n) is 3.04. The van der Waals surface area contributed by atoms with Gasteiger partial charge in [0.1, 0.15) is 5.41 Å². The highest BCUT2D eigenvalue weighted by Crippen LogP contribution is 2.69. The Labute approximate surface area is 70.0 Å². The number of hydrogen-bond acceptors (Lipinski definition) is 4. The first-order chi connectivity index (χ1) is 5.77. The minimum Gasteiger partial charge on any atom is -0.315 e. The second-order valence-electron chi connectivity index (χ2n) is 3.30. The van der Waals surface area contributed by atoms with Crippen LogP contribution in [0.4, 0.5) is 0 Å². The van der Waals surface area contributed by atoms with E-state index in [-0.39, 0.29) is 5.92 Å². The summed E-state index contributed by atoms with van der Waals surface area (Å²) in [7, 11) is 0. The molecule has 0 radical (unpaired) electrons. The Hall–Kier alpha value is -1.57. The Kier molecular flexibility index (Phi) is 1.05. The van der Waals surface area contributed by atoms with E-state index in [1.807, 2.05) is 12.1 Å². The maximum Gasteiger partial charge on any atom is 0.169 e. The fourth-order valence-corrected chi connectivity index (χ4v) is 2.21. The highest BCUT2D eigenvalue weighted by atomic mass is 15.0. The molecule has 0 bridgehead atoms. The molecule has 58 valence electrons. The fraction of sp³-hybridized carbons (Fsp3) is 0.625. The molecule has 0 aromatic carbocycles. The lowest BCUT2D eigenvalue weighted by molar-refractivity contribution is 0.543. The van der Waals surface area contributed by atoms with Gasteiger partial charge in [-0.05, 0) is 0 Å². The van der Waals surface area contributed by atoms with Crippen molar-refractivity contribution in [2.24, 2.45) is 16.7 Å². The van der Waals surface area contributed by atoms with E-state index in [4.69, 9.17) is 15.8 Å². The summed E-state index contributed by atoms with van der Waals surface area (Å²) < 4.78 is 0. The summed E-state index contributed by atoms with van der Waals surface area (Å²) in [6.07, 6.45) is 0. The zero-order valence-corrected chi connectivity index (χ0v) is 6.33. The van der Waals surface area contributed by atoms with Crippen LogP contribution in [0.5, 0.6) is 0 Å². The normalized spacial score (nSPS) is 40.2. The van der Waals surface area contributed by atoms with E-state index < -0.39 is 10.8 Å². The van der Waals surface area contributed by atoms with Crippen LogP contribution >= 0.6 is 0 Å². The van der Waals surface area contributed by atoms with Crippen LogP contribution in [0, 0.1) is 50.7 Å². The highest BCUT2D eigenvalue weighted by Gasteiger charge is 2.81. The molecule has 0 amide bonds. The van der Waals surface area contributed by atoms with E-state index in [9.17, 15) is 0 Å². The molecule has 0 aromatic heterocycles. The molecule has 1 N–H and O–H groups in total. The Bertz CT molecular complexity index is 339. The van der Waals surface area contributed by atoms with Crippen LogP contribution in [0.3, 0.4) is 0 Å². The average molecular weight is 158 g/mol. The summed E-state index contributed by atoms with van der Waals surface area (Å²) in [5, 5.41) is 29.5. The van der Waals surface area contributed by atoms with Crippen molar-refractivity contribution in [2.75, 3.05) is 13.1 Å². The molecule has 4 heteroatoms. The average Bonchev–Trinajstić information content (AvgIpc) is 2.44. The third kappa shape index (κ3) is 0.416. The minimum absolute atomic E-state index is 0.0787. The topological polar surface area (TPSA) is 83.4 Å². The van der Waals surface area contributed by atoms with Crippen molar-refractivity contribution < 1.29 is 0 Å². The summed E-state index contributed by atoms with van der Waals surface area (Å²) in [6, 6.07) is 6.04. The molecule has 1 aliphatic heterocycles. The lowest BCUT2D eigenvalue weighted by atomic mass is 9.96. The number of hydrogen-bond donors (Lipinski definition) is 1. The van der Waals surface area contributed by atoms with Crippen LogP contribution in [-0.4, -0.2) is 13.1 Å². The van der Waals surface area contributed by atoms with Crippen molar-refractivity contribution in [1.29, 1.82) is 15.8 Å². The van der Waals surface area contributed by atoms with E-state index in [0.29, 0.717) is 13.1 Å². The molecular formula is C8H6N4. The summed E-state index contributed by atoms with van der Waals surface area (Å²) >= 11 is 0. The second-order valence-corrected chi connectivity index (χ2v) is 3.30. The molecule has 2 fully saturated rings. The lowest BCUT2D eigenvalue weighted by Crippen LogP contribution is -2.24. The predicted molar refractivity (Wildman–Crippen MR) is 38.1 cm³/mol. The molecule has 2 atom stereocenters. The van der Waals surface area contributed by atoms with Gasteiger partial charge in [-0.25, -0.2) is 0 Å². The van der Waals surface area contributed by atoms with Gasteiger partial charge in [-0.2, -0.15) is 15.8 Å². The Morgan fingerprint density at radius 2 is 1.83 bits per heavy atom. The van der Waals surface area contributed by atoms with Gasteiger partial charge in [-0.15, -0.1) is 0 Å². The SMILES string of the molecule is N#CC1(C#N)C2CNCC21C#N. The van der Waals surface area contributed by atoms with E-state index in [0.717, 1.165) is 0 Å². The lowest BCUT2D eigenvalue weighted by Gasteiger charge is -2.05. The number of nitrogens with zero attached hydrogens (tertiary/aromatic N) is 3. The Balaban J connectivity index is 2.46. The van der Waals surface area contributed by atoms with Gasteiger partial charge in [0.2, 0.25) is 0 Å². The number of nitriles is 3. The standard InChI is InChI=1S/C8H6N4/c9-2-7(3-10)6-1-12-5-8(6,7)4-11/h6,12H,1,5H2. The minimum atomic E-state index is -1.02. The van der Waals surface area contributed by atoms with Gasteiger partial charge in [0.25, 0.3) is 0 Å². The first kappa shape index (κ1) is 7.10. The van der Waals surface area contributed by atoms with Crippen molar-refractivity contribution in [3.8, 4) is 18.2 Å². The van der Waals surface area contributed by atoms with Crippen LogP contribution in [0.1, 0.15) is 0 Å². The van der Waals surface area contributed by atoms with Crippen LogP contribution < -0.4 is 5.32 Å². The van der Waals surface area contributed by atoms with Crippen LogP contribution in [0.15, 0.2) is 0 Å². The summed E-state index contributed by atoms with van der Waals surface area (Å²) in [6.45, 7) is 1.10. The number of piperidine rings is 1. The molecule has 1 aliphatic carbocycles. The van der Waals surface area contributed by atoms with Crippen LogP contribution in [0.2, 0.25) is 0 Å². The van der Waals surface area contributed by atoms with E-state index >= 15 is 0 Å². The second kappa shape index (κ2) is 1.78. The third-order valence-corrected chi connectivity index (χ3v) is 3.04. The molecule has 1 heterocycles. The van der Waals surface area contributed by atoms with Crippen molar-refractivity contribution in [1.82, 2.24) is 5.32 Å². The van der Waals surface area contributed by atoms with Gasteiger partial charge in [-0.3, -0.25) is 0 Å². The quantitative estimate of drug-likeness (QED) is 0.527. The van der Waals surface area contributed by atoms with Crippen molar-refractivity contribution in [3.63, 3.8) is 0 Å². The zero-order chi connectivity index (χ0) is 8.82. The van der Waals surface area contributed by atoms with Crippen LogP contribution in [-0.2, 0) is 0 Å². The zero-order valence-electron chi connectivity index (χ0n) is 6.33. The van der Waals surface area contributed by atoms with E-state index in [1.165, 1.54) is 0 Å². The number of rotatable bonds is 0. The highest BCUT2D eigenvalue weighted by molar-refractivity contribution is 5.47. The molecule has 0 spiro atoms. The van der Waals surface area contributed by atoms with Gasteiger partial charge in [0, 0.05) is 19.0 Å². The van der Waals surface area contributed by atoms with Gasteiger partial charge in [0.15, 0.2) is 5.41 Å².